The lowest BCUT2D eigenvalue weighted by molar-refractivity contribution is 0.150. The lowest BCUT2D eigenvalue weighted by Crippen LogP contribution is -2.40. The Morgan fingerprint density at radius 3 is 2.81 bits per heavy atom. The van der Waals surface area contributed by atoms with Crippen LogP contribution in [0.2, 0.25) is 5.02 Å². The molecule has 1 aliphatic carbocycles. The zero-order chi connectivity index (χ0) is 24.6. The van der Waals surface area contributed by atoms with Crippen molar-refractivity contribution in [2.45, 2.75) is 57.6 Å². The lowest BCUT2D eigenvalue weighted by Gasteiger charge is -2.26. The first-order chi connectivity index (χ1) is 17.6. The minimum absolute atomic E-state index is 0.316. The van der Waals surface area contributed by atoms with Crippen molar-refractivity contribution in [3.8, 4) is 22.6 Å². The first-order valence-corrected chi connectivity index (χ1v) is 13.0. The van der Waals surface area contributed by atoms with E-state index >= 15 is 0 Å². The Labute approximate surface area is 215 Å². The van der Waals surface area contributed by atoms with Crippen molar-refractivity contribution < 1.29 is 5.11 Å². The number of fused-ring (bicyclic) bond motifs is 3. The van der Waals surface area contributed by atoms with Gasteiger partial charge in [0.15, 0.2) is 5.82 Å². The highest BCUT2D eigenvalue weighted by Crippen LogP contribution is 2.35. The molecule has 6 rings (SSSR count). The third-order valence-electron chi connectivity index (χ3n) is 7.38. The molecule has 1 aliphatic heterocycles. The van der Waals surface area contributed by atoms with E-state index in [1.54, 1.807) is 17.1 Å². The predicted octanol–water partition coefficient (Wildman–Crippen LogP) is 3.57. The van der Waals surface area contributed by atoms with Gasteiger partial charge in [-0.15, -0.1) is 10.2 Å². The van der Waals surface area contributed by atoms with E-state index in [4.69, 9.17) is 11.6 Å². The van der Waals surface area contributed by atoms with Gasteiger partial charge in [-0.05, 0) is 37.3 Å². The number of aromatic nitrogens is 7. The van der Waals surface area contributed by atoms with Gasteiger partial charge in [-0.2, -0.15) is 5.10 Å². The van der Waals surface area contributed by atoms with Crippen LogP contribution >= 0.6 is 11.6 Å². The van der Waals surface area contributed by atoms with Gasteiger partial charge in [0.05, 0.1) is 22.6 Å². The van der Waals surface area contributed by atoms with E-state index in [0.717, 1.165) is 66.5 Å². The zero-order valence-electron chi connectivity index (χ0n) is 20.3. The first-order valence-electron chi connectivity index (χ1n) is 12.6. The maximum atomic E-state index is 10.9. The van der Waals surface area contributed by atoms with Gasteiger partial charge in [-0.1, -0.05) is 30.9 Å². The van der Waals surface area contributed by atoms with Gasteiger partial charge >= 0.3 is 0 Å². The molecule has 11 heteroatoms. The SMILES string of the molecule is Cn1nccc1Nc1cc(-c2cc3n(c2)CCCn2c([B][C@H](O)C4CCCCC4)nnc2-3)c(Cl)cn1. The number of aliphatic hydroxyl groups excluding tert-OH is 1. The van der Waals surface area contributed by atoms with Crippen molar-refractivity contribution in [3.63, 3.8) is 0 Å². The Morgan fingerprint density at radius 2 is 2.00 bits per heavy atom. The summed E-state index contributed by atoms with van der Waals surface area (Å²) in [5.74, 6) is 2.67. The molecule has 0 spiro atoms. The van der Waals surface area contributed by atoms with Gasteiger partial charge in [0.1, 0.15) is 11.6 Å². The molecule has 0 amide bonds. The quantitative estimate of drug-likeness (QED) is 0.390. The molecule has 1 saturated carbocycles. The standard InChI is InChI=1S/C25H29BClN8O/c1-33-22(8-9-29-33)30-21-13-18(19(27)14-28-21)17-12-20-24-31-32-25(35(24)11-5-10-34(20)15-17)26-23(36)16-6-3-2-4-7-16/h8-9,12-16,23,36H,2-7,10-11H2,1H3,(H,28,30)/t23-/m1/s1. The molecule has 185 valence electrons. The Kier molecular flexibility index (Phi) is 6.31. The van der Waals surface area contributed by atoms with E-state index < -0.39 is 6.00 Å². The van der Waals surface area contributed by atoms with Crippen molar-refractivity contribution in [2.75, 3.05) is 5.32 Å². The Balaban J connectivity index is 1.29. The van der Waals surface area contributed by atoms with Crippen molar-refractivity contribution in [3.05, 3.63) is 41.8 Å². The van der Waals surface area contributed by atoms with Gasteiger partial charge < -0.3 is 19.6 Å². The molecule has 1 atom stereocenters. The number of nitrogens with zero attached hydrogens (tertiary/aromatic N) is 7. The van der Waals surface area contributed by atoms with E-state index in [2.05, 4.69) is 47.0 Å². The molecule has 0 aromatic carbocycles. The number of halogens is 1. The van der Waals surface area contributed by atoms with E-state index in [9.17, 15) is 5.11 Å². The topological polar surface area (TPSA) is 98.6 Å². The van der Waals surface area contributed by atoms with Crippen molar-refractivity contribution in [2.24, 2.45) is 13.0 Å². The Hall–Kier alpha value is -3.11. The molecule has 4 aromatic heterocycles. The summed E-state index contributed by atoms with van der Waals surface area (Å²) >= 11 is 6.59. The smallest absolute Gasteiger partial charge is 0.241 e. The molecule has 0 unspecified atom stereocenters. The van der Waals surface area contributed by atoms with Gasteiger partial charge in [0.2, 0.25) is 7.28 Å². The number of hydrogen-bond acceptors (Lipinski definition) is 6. The highest BCUT2D eigenvalue weighted by molar-refractivity contribution is 6.52. The summed E-state index contributed by atoms with van der Waals surface area (Å²) < 4.78 is 6.11. The number of aryl methyl sites for hydroxylation is 2. The van der Waals surface area contributed by atoms with Crippen LogP contribution in [0, 0.1) is 5.92 Å². The molecular formula is C25H29BClN8O. The second-order valence-corrected chi connectivity index (χ2v) is 10.2. The number of hydrogen-bond donors (Lipinski definition) is 2. The van der Waals surface area contributed by atoms with Crippen molar-refractivity contribution in [1.82, 2.24) is 34.1 Å². The van der Waals surface area contributed by atoms with Crippen LogP contribution in [0.25, 0.3) is 22.6 Å². The maximum Gasteiger partial charge on any atom is 0.241 e. The second kappa shape index (κ2) is 9.74. The molecule has 0 bridgehead atoms. The van der Waals surface area contributed by atoms with E-state index in [0.29, 0.717) is 16.8 Å². The summed E-state index contributed by atoms with van der Waals surface area (Å²) in [5.41, 5.74) is 3.64. The molecule has 36 heavy (non-hydrogen) atoms. The van der Waals surface area contributed by atoms with Gasteiger partial charge in [-0.25, -0.2) is 4.98 Å². The number of anilines is 2. The molecule has 0 saturated heterocycles. The molecule has 2 N–H and O–H groups in total. The van der Waals surface area contributed by atoms with Crippen LogP contribution in [0.4, 0.5) is 11.6 Å². The average Bonchev–Trinajstić information content (AvgIpc) is 3.58. The van der Waals surface area contributed by atoms with Crippen LogP contribution in [0.1, 0.15) is 38.5 Å². The highest BCUT2D eigenvalue weighted by Gasteiger charge is 2.28. The molecule has 4 aromatic rings. The number of rotatable bonds is 6. The summed E-state index contributed by atoms with van der Waals surface area (Å²) in [6, 6.07) is 5.48. The van der Waals surface area contributed by atoms with E-state index in [1.807, 2.05) is 26.5 Å². The Morgan fingerprint density at radius 1 is 1.14 bits per heavy atom. The lowest BCUT2D eigenvalue weighted by atomic mass is 9.62. The van der Waals surface area contributed by atoms with Crippen LogP contribution in [0.3, 0.4) is 0 Å². The highest BCUT2D eigenvalue weighted by atomic mass is 35.5. The first kappa shape index (κ1) is 23.3. The fourth-order valence-electron chi connectivity index (χ4n) is 5.40. The zero-order valence-corrected chi connectivity index (χ0v) is 21.1. The third-order valence-corrected chi connectivity index (χ3v) is 7.68. The average molecular weight is 504 g/mol. The minimum atomic E-state index is -0.481. The molecule has 1 radical (unpaired) electrons. The summed E-state index contributed by atoms with van der Waals surface area (Å²) in [4.78, 5) is 4.44. The maximum absolute atomic E-state index is 10.9. The monoisotopic (exact) mass is 503 g/mol. The van der Waals surface area contributed by atoms with E-state index in [1.165, 1.54) is 19.3 Å². The van der Waals surface area contributed by atoms with Crippen LogP contribution < -0.4 is 11.0 Å². The number of aliphatic hydroxyl groups is 1. The summed E-state index contributed by atoms with van der Waals surface area (Å²) in [5, 5.41) is 27.9. The molecule has 1 fully saturated rings. The van der Waals surface area contributed by atoms with Gasteiger partial charge in [0.25, 0.3) is 0 Å². The molecule has 9 nitrogen and oxygen atoms in total. The van der Waals surface area contributed by atoms with Crippen LogP contribution in [-0.4, -0.2) is 52.5 Å². The van der Waals surface area contributed by atoms with Crippen molar-refractivity contribution >= 4 is 36.2 Å². The van der Waals surface area contributed by atoms with Crippen LogP contribution in [-0.2, 0) is 20.1 Å². The van der Waals surface area contributed by atoms with Crippen LogP contribution in [0.5, 0.6) is 0 Å². The second-order valence-electron chi connectivity index (χ2n) is 9.76. The normalized spacial score (nSPS) is 16.8. The fourth-order valence-corrected chi connectivity index (χ4v) is 5.61. The summed E-state index contributed by atoms with van der Waals surface area (Å²) in [7, 11) is 3.78. The minimum Gasteiger partial charge on any atom is -0.401 e. The third kappa shape index (κ3) is 4.44. The van der Waals surface area contributed by atoms with Gasteiger partial charge in [0, 0.05) is 55.7 Å². The summed E-state index contributed by atoms with van der Waals surface area (Å²) in [6.45, 7) is 1.68. The molecular weight excluding hydrogens is 475 g/mol. The molecule has 2 aliphatic rings. The van der Waals surface area contributed by atoms with Gasteiger partial charge in [-0.3, -0.25) is 4.68 Å². The largest absolute Gasteiger partial charge is 0.401 e. The number of pyridine rings is 1. The van der Waals surface area contributed by atoms with Crippen molar-refractivity contribution in [1.29, 1.82) is 0 Å². The van der Waals surface area contributed by atoms with E-state index in [-0.39, 0.29) is 0 Å². The number of nitrogens with one attached hydrogen (secondary N) is 1. The van der Waals surface area contributed by atoms with Crippen LogP contribution in [0.15, 0.2) is 36.8 Å². The summed E-state index contributed by atoms with van der Waals surface area (Å²) in [6.07, 6.45) is 12.3. The predicted molar refractivity (Wildman–Crippen MR) is 141 cm³/mol. The fraction of sp³-hybridized carbons (Fsp3) is 0.440. The Bertz CT molecular complexity index is 1370. The molecule has 5 heterocycles.